The lowest BCUT2D eigenvalue weighted by molar-refractivity contribution is -0.380. The van der Waals surface area contributed by atoms with Gasteiger partial charge >= 0.3 is 11.0 Å². The second-order valence-electron chi connectivity index (χ2n) is 4.44. The Morgan fingerprint density at radius 3 is 2.89 bits per heavy atom. The second-order valence-corrected chi connectivity index (χ2v) is 5.59. The molecule has 1 aromatic heterocycles. The minimum atomic E-state index is -0.762. The quantitative estimate of drug-likeness (QED) is 0.667. The van der Waals surface area contributed by atoms with Crippen LogP contribution in [0.15, 0.2) is 12.1 Å². The van der Waals surface area contributed by atoms with Gasteiger partial charge < -0.3 is 5.11 Å². The molecule has 0 aliphatic carbocycles. The Kier molecular flexibility index (Phi) is 3.63. The molecule has 1 N–H and O–H groups in total. The first-order valence-electron chi connectivity index (χ1n) is 5.69. The van der Waals surface area contributed by atoms with E-state index in [1.54, 1.807) is 6.07 Å². The number of nitro groups is 1. The summed E-state index contributed by atoms with van der Waals surface area (Å²) in [5, 5.41) is 19.7. The Morgan fingerprint density at radius 1 is 1.67 bits per heavy atom. The maximum absolute atomic E-state index is 11.0. The molecule has 0 amide bonds. The highest BCUT2D eigenvalue weighted by Gasteiger charge is 2.35. The minimum absolute atomic E-state index is 0.0244. The van der Waals surface area contributed by atoms with E-state index in [9.17, 15) is 14.9 Å². The zero-order valence-electron chi connectivity index (χ0n) is 9.91. The van der Waals surface area contributed by atoms with E-state index in [-0.39, 0.29) is 17.0 Å². The van der Waals surface area contributed by atoms with Crippen molar-refractivity contribution in [2.45, 2.75) is 25.9 Å². The van der Waals surface area contributed by atoms with Crippen molar-refractivity contribution in [3.63, 3.8) is 0 Å². The Labute approximate surface area is 108 Å². The highest BCUT2D eigenvalue weighted by molar-refractivity contribution is 7.15. The van der Waals surface area contributed by atoms with Crippen LogP contribution in [-0.2, 0) is 11.3 Å². The summed E-state index contributed by atoms with van der Waals surface area (Å²) in [6, 6.07) is 3.21. The number of thiophene rings is 1. The number of carbonyl (C=O) groups is 1. The molecule has 1 aliphatic rings. The van der Waals surface area contributed by atoms with Crippen LogP contribution in [0.4, 0.5) is 5.00 Å². The van der Waals surface area contributed by atoms with E-state index in [2.05, 4.69) is 4.90 Å². The van der Waals surface area contributed by atoms with Gasteiger partial charge in [0.25, 0.3) is 0 Å². The molecule has 0 radical (unpaired) electrons. The van der Waals surface area contributed by atoms with Crippen LogP contribution < -0.4 is 0 Å². The lowest BCUT2D eigenvalue weighted by atomic mass is 10.0. The third kappa shape index (κ3) is 2.51. The molecule has 1 aliphatic heterocycles. The Bertz CT molecular complexity index is 473. The van der Waals surface area contributed by atoms with Crippen molar-refractivity contribution in [1.29, 1.82) is 0 Å². The molecular formula is C11H14N2O4S. The van der Waals surface area contributed by atoms with Gasteiger partial charge in [0, 0.05) is 23.5 Å². The zero-order valence-corrected chi connectivity index (χ0v) is 10.7. The van der Waals surface area contributed by atoms with Crippen molar-refractivity contribution in [2.75, 3.05) is 6.54 Å². The van der Waals surface area contributed by atoms with Crippen LogP contribution in [0.3, 0.4) is 0 Å². The number of aliphatic carboxylic acids is 1. The monoisotopic (exact) mass is 270 g/mol. The first kappa shape index (κ1) is 13.0. The first-order valence-corrected chi connectivity index (χ1v) is 6.50. The summed E-state index contributed by atoms with van der Waals surface area (Å²) < 4.78 is 0. The number of carboxylic acid groups (broad SMARTS) is 1. The van der Waals surface area contributed by atoms with E-state index >= 15 is 0 Å². The van der Waals surface area contributed by atoms with E-state index in [0.29, 0.717) is 13.0 Å². The van der Waals surface area contributed by atoms with Gasteiger partial charge in [-0.1, -0.05) is 11.3 Å². The van der Waals surface area contributed by atoms with Gasteiger partial charge in [0.05, 0.1) is 10.8 Å². The van der Waals surface area contributed by atoms with Crippen molar-refractivity contribution in [1.82, 2.24) is 4.90 Å². The van der Waals surface area contributed by atoms with Crippen molar-refractivity contribution in [3.8, 4) is 0 Å². The summed E-state index contributed by atoms with van der Waals surface area (Å²) in [4.78, 5) is 24.1. The van der Waals surface area contributed by atoms with Crippen LogP contribution in [0.1, 0.15) is 18.2 Å². The third-order valence-electron chi connectivity index (χ3n) is 3.39. The number of hydrogen-bond donors (Lipinski definition) is 1. The predicted molar refractivity (Wildman–Crippen MR) is 66.6 cm³/mol. The largest absolute Gasteiger partial charge is 0.481 e. The molecular weight excluding hydrogens is 256 g/mol. The molecule has 7 heteroatoms. The van der Waals surface area contributed by atoms with Crippen LogP contribution in [-0.4, -0.2) is 33.5 Å². The van der Waals surface area contributed by atoms with E-state index in [4.69, 9.17) is 5.11 Å². The van der Waals surface area contributed by atoms with Gasteiger partial charge in [0.2, 0.25) is 0 Å². The Morgan fingerprint density at radius 2 is 2.39 bits per heavy atom. The topological polar surface area (TPSA) is 83.7 Å². The Balaban J connectivity index is 2.01. The molecule has 2 atom stereocenters. The molecule has 2 rings (SSSR count). The van der Waals surface area contributed by atoms with Crippen LogP contribution in [0.25, 0.3) is 0 Å². The molecule has 2 unspecified atom stereocenters. The fourth-order valence-corrected chi connectivity index (χ4v) is 3.15. The van der Waals surface area contributed by atoms with Crippen LogP contribution in [0.2, 0.25) is 0 Å². The van der Waals surface area contributed by atoms with Crippen LogP contribution in [0, 0.1) is 16.0 Å². The standard InChI is InChI=1S/C11H14N2O4S/c1-7-9(11(14)15)4-5-12(7)6-8-2-3-10(18-8)13(16)17/h2-3,7,9H,4-6H2,1H3,(H,14,15). The van der Waals surface area contributed by atoms with Gasteiger partial charge in [-0.2, -0.15) is 0 Å². The molecule has 2 heterocycles. The SMILES string of the molecule is CC1C(C(=O)O)CCN1Cc1ccc([N+](=O)[O-])s1. The molecule has 0 aromatic carbocycles. The highest BCUT2D eigenvalue weighted by Crippen LogP contribution is 2.30. The average Bonchev–Trinajstić information content (AvgIpc) is 2.87. The summed E-state index contributed by atoms with van der Waals surface area (Å²) >= 11 is 1.15. The molecule has 0 spiro atoms. The number of rotatable bonds is 4. The molecule has 18 heavy (non-hydrogen) atoms. The molecule has 6 nitrogen and oxygen atoms in total. The van der Waals surface area contributed by atoms with E-state index < -0.39 is 10.9 Å². The lowest BCUT2D eigenvalue weighted by Crippen LogP contribution is -2.32. The average molecular weight is 270 g/mol. The van der Waals surface area contributed by atoms with Gasteiger partial charge in [-0.15, -0.1) is 0 Å². The summed E-state index contributed by atoms with van der Waals surface area (Å²) in [6.07, 6.45) is 0.643. The summed E-state index contributed by atoms with van der Waals surface area (Å²) in [5.41, 5.74) is 0. The van der Waals surface area contributed by atoms with Gasteiger partial charge in [0.15, 0.2) is 0 Å². The smallest absolute Gasteiger partial charge is 0.324 e. The lowest BCUT2D eigenvalue weighted by Gasteiger charge is -2.21. The van der Waals surface area contributed by atoms with Crippen molar-refractivity contribution in [2.24, 2.45) is 5.92 Å². The van der Waals surface area contributed by atoms with Gasteiger partial charge in [-0.3, -0.25) is 19.8 Å². The van der Waals surface area contributed by atoms with Gasteiger partial charge in [-0.05, 0) is 26.0 Å². The number of likely N-dealkylation sites (tertiary alicyclic amines) is 1. The normalized spacial score (nSPS) is 24.3. The molecule has 1 aromatic rings. The number of nitrogens with zero attached hydrogens (tertiary/aromatic N) is 2. The van der Waals surface area contributed by atoms with Crippen molar-refractivity contribution < 1.29 is 14.8 Å². The molecule has 1 saturated heterocycles. The minimum Gasteiger partial charge on any atom is -0.481 e. The number of carboxylic acids is 1. The highest BCUT2D eigenvalue weighted by atomic mass is 32.1. The second kappa shape index (κ2) is 5.03. The molecule has 98 valence electrons. The van der Waals surface area contributed by atoms with Crippen molar-refractivity contribution >= 4 is 22.3 Å². The fraction of sp³-hybridized carbons (Fsp3) is 0.545. The van der Waals surface area contributed by atoms with Crippen LogP contribution in [0.5, 0.6) is 0 Å². The van der Waals surface area contributed by atoms with E-state index in [0.717, 1.165) is 22.8 Å². The molecule has 0 saturated carbocycles. The van der Waals surface area contributed by atoms with Gasteiger partial charge in [-0.25, -0.2) is 0 Å². The van der Waals surface area contributed by atoms with E-state index in [1.165, 1.54) is 6.07 Å². The fourth-order valence-electron chi connectivity index (χ4n) is 2.31. The Hall–Kier alpha value is -1.47. The predicted octanol–water partition coefficient (Wildman–Crippen LogP) is 1.95. The first-order chi connectivity index (χ1) is 8.49. The van der Waals surface area contributed by atoms with E-state index in [1.807, 2.05) is 6.92 Å². The van der Waals surface area contributed by atoms with Crippen LogP contribution >= 0.6 is 11.3 Å². The maximum atomic E-state index is 11.0. The third-order valence-corrected chi connectivity index (χ3v) is 4.41. The molecule has 0 bridgehead atoms. The maximum Gasteiger partial charge on any atom is 0.324 e. The summed E-state index contributed by atoms with van der Waals surface area (Å²) in [5.74, 6) is -1.10. The van der Waals surface area contributed by atoms with Gasteiger partial charge in [0.1, 0.15) is 0 Å². The summed E-state index contributed by atoms with van der Waals surface area (Å²) in [6.45, 7) is 3.21. The summed E-state index contributed by atoms with van der Waals surface area (Å²) in [7, 11) is 0. The molecule has 1 fully saturated rings. The van der Waals surface area contributed by atoms with Crippen molar-refractivity contribution in [3.05, 3.63) is 27.1 Å². The number of hydrogen-bond acceptors (Lipinski definition) is 5. The zero-order chi connectivity index (χ0) is 13.3.